The lowest BCUT2D eigenvalue weighted by Gasteiger charge is -2.09. The molecule has 0 saturated heterocycles. The van der Waals surface area contributed by atoms with Crippen LogP contribution in [0, 0.1) is 0 Å². The van der Waals surface area contributed by atoms with E-state index in [-0.39, 0.29) is 0 Å². The van der Waals surface area contributed by atoms with Gasteiger partial charge in [-0.3, -0.25) is 0 Å². The van der Waals surface area contributed by atoms with Crippen molar-refractivity contribution in [3.05, 3.63) is 127 Å². The first-order valence-corrected chi connectivity index (χ1v) is 9.88. The molecule has 146 valence electrons. The molecule has 30 heavy (non-hydrogen) atoms. The Balaban J connectivity index is 0.000000187. The summed E-state index contributed by atoms with van der Waals surface area (Å²) in [6.07, 6.45) is 9.27. The number of benzene rings is 4. The molecule has 0 aromatic heterocycles. The maximum atomic E-state index is 3.92. The van der Waals surface area contributed by atoms with E-state index < -0.39 is 0 Å². The molecule has 4 aromatic rings. The van der Waals surface area contributed by atoms with Gasteiger partial charge in [0.2, 0.25) is 0 Å². The van der Waals surface area contributed by atoms with Gasteiger partial charge in [-0.15, -0.1) is 0 Å². The van der Waals surface area contributed by atoms with Crippen molar-refractivity contribution in [1.82, 2.24) is 0 Å². The molecule has 4 rings (SSSR count). The summed E-state index contributed by atoms with van der Waals surface area (Å²) in [5, 5.41) is 5.06. The molecular formula is C30H26. The van der Waals surface area contributed by atoms with Crippen LogP contribution in [0.2, 0.25) is 0 Å². The van der Waals surface area contributed by atoms with Crippen molar-refractivity contribution in [2.75, 3.05) is 0 Å². The summed E-state index contributed by atoms with van der Waals surface area (Å²) in [7, 11) is 0. The molecule has 0 unspecified atom stereocenters. The highest BCUT2D eigenvalue weighted by molar-refractivity contribution is 6.10. The molecule has 0 nitrogen and oxygen atoms in total. The average Bonchev–Trinajstić information content (AvgIpc) is 2.82. The number of hydrogen-bond donors (Lipinski definition) is 0. The van der Waals surface area contributed by atoms with E-state index in [0.29, 0.717) is 0 Å². The van der Waals surface area contributed by atoms with Gasteiger partial charge in [0.25, 0.3) is 0 Å². The fraction of sp³-hybridized carbons (Fsp3) is 0. The van der Waals surface area contributed by atoms with Crippen LogP contribution in [0.25, 0.3) is 51.9 Å². The van der Waals surface area contributed by atoms with E-state index in [9.17, 15) is 0 Å². The molecule has 4 aromatic carbocycles. The van der Waals surface area contributed by atoms with Crippen LogP contribution in [0.4, 0.5) is 0 Å². The second-order valence-electron chi connectivity index (χ2n) is 6.82. The molecule has 0 radical (unpaired) electrons. The minimum atomic E-state index is 1.10. The zero-order valence-electron chi connectivity index (χ0n) is 17.3. The molecule has 0 heteroatoms. The van der Waals surface area contributed by atoms with E-state index in [1.807, 2.05) is 48.6 Å². The van der Waals surface area contributed by atoms with Crippen molar-refractivity contribution in [3.8, 4) is 0 Å². The molecule has 0 bridgehead atoms. The molecule has 0 N–H and O–H groups in total. The van der Waals surface area contributed by atoms with E-state index in [2.05, 4.69) is 81.4 Å². The lowest BCUT2D eigenvalue weighted by Crippen LogP contribution is -1.85. The lowest BCUT2D eigenvalue weighted by molar-refractivity contribution is 1.58. The molecule has 0 saturated carbocycles. The Morgan fingerprint density at radius 1 is 0.400 bits per heavy atom. The fourth-order valence-electron chi connectivity index (χ4n) is 3.73. The van der Waals surface area contributed by atoms with E-state index >= 15 is 0 Å². The first-order valence-electron chi connectivity index (χ1n) is 9.88. The minimum absolute atomic E-state index is 1.10. The standard InChI is InChI=1S/C18H14.C12H12/c1-3-13-9-11-18-16-8-6-5-7-14(16)10-12-17(18)15(13)4-2;1-4-10-8-7-9-11(5-2)12(10)6-3/h3-12H,1-2H2;4-9H,1-3H2. The van der Waals surface area contributed by atoms with Crippen molar-refractivity contribution in [1.29, 1.82) is 0 Å². The van der Waals surface area contributed by atoms with Gasteiger partial charge >= 0.3 is 0 Å². The van der Waals surface area contributed by atoms with Crippen LogP contribution < -0.4 is 0 Å². The predicted octanol–water partition coefficient (Wildman–Crippen LogP) is 8.89. The fourth-order valence-corrected chi connectivity index (χ4v) is 3.73. The number of rotatable bonds is 5. The summed E-state index contributed by atoms with van der Waals surface area (Å²) in [4.78, 5) is 0. The minimum Gasteiger partial charge on any atom is -0.0984 e. The third-order valence-electron chi connectivity index (χ3n) is 5.24. The van der Waals surface area contributed by atoms with Gasteiger partial charge < -0.3 is 0 Å². The molecular weight excluding hydrogens is 360 g/mol. The van der Waals surface area contributed by atoms with Gasteiger partial charge in [-0.1, -0.05) is 130 Å². The molecule has 0 atom stereocenters. The molecule has 0 aliphatic heterocycles. The Labute approximate surface area is 179 Å². The third kappa shape index (κ3) is 3.94. The molecule has 0 spiro atoms. The smallest absolute Gasteiger partial charge is 0.00990 e. The van der Waals surface area contributed by atoms with Gasteiger partial charge in [-0.05, 0) is 49.4 Å². The Hall–Kier alpha value is -3.90. The normalized spacial score (nSPS) is 10.0. The van der Waals surface area contributed by atoms with Gasteiger partial charge in [-0.25, -0.2) is 0 Å². The van der Waals surface area contributed by atoms with Gasteiger partial charge in [-0.2, -0.15) is 0 Å². The van der Waals surface area contributed by atoms with Crippen LogP contribution in [0.15, 0.2) is 99.6 Å². The van der Waals surface area contributed by atoms with Crippen LogP contribution in [-0.2, 0) is 0 Å². The van der Waals surface area contributed by atoms with Crippen LogP contribution in [-0.4, -0.2) is 0 Å². The third-order valence-corrected chi connectivity index (χ3v) is 5.24. The second-order valence-corrected chi connectivity index (χ2v) is 6.82. The molecule has 0 heterocycles. The van der Waals surface area contributed by atoms with Gasteiger partial charge in [0.15, 0.2) is 0 Å². The SMILES string of the molecule is C=Cc1ccc2c(ccc3ccccc32)c1C=C.C=Cc1cccc(C=C)c1C=C. The number of hydrogen-bond acceptors (Lipinski definition) is 0. The highest BCUT2D eigenvalue weighted by atomic mass is 14.1. The summed E-state index contributed by atoms with van der Waals surface area (Å²) in [6.45, 7) is 19.0. The van der Waals surface area contributed by atoms with Crippen molar-refractivity contribution in [2.24, 2.45) is 0 Å². The van der Waals surface area contributed by atoms with Crippen molar-refractivity contribution in [2.45, 2.75) is 0 Å². The highest BCUT2D eigenvalue weighted by Crippen LogP contribution is 2.30. The van der Waals surface area contributed by atoms with Crippen LogP contribution in [0.5, 0.6) is 0 Å². The first-order chi connectivity index (χ1) is 14.7. The average molecular weight is 387 g/mol. The van der Waals surface area contributed by atoms with Crippen molar-refractivity contribution >= 4 is 51.9 Å². The first kappa shape index (κ1) is 20.8. The monoisotopic (exact) mass is 386 g/mol. The quantitative estimate of drug-likeness (QED) is 0.300. The predicted molar refractivity (Wildman–Crippen MR) is 138 cm³/mol. The topological polar surface area (TPSA) is 0 Å². The maximum Gasteiger partial charge on any atom is -0.00990 e. The summed E-state index contributed by atoms with van der Waals surface area (Å²) in [6, 6.07) is 23.1. The Bertz CT molecular complexity index is 1240. The van der Waals surface area contributed by atoms with Crippen molar-refractivity contribution in [3.63, 3.8) is 0 Å². The van der Waals surface area contributed by atoms with Crippen molar-refractivity contribution < 1.29 is 0 Å². The van der Waals surface area contributed by atoms with E-state index in [4.69, 9.17) is 0 Å². The molecule has 0 amide bonds. The number of fused-ring (bicyclic) bond motifs is 3. The Kier molecular flexibility index (Phi) is 6.62. The molecule has 0 aliphatic rings. The summed E-state index contributed by atoms with van der Waals surface area (Å²) >= 11 is 0. The summed E-state index contributed by atoms with van der Waals surface area (Å²) in [5.41, 5.74) is 5.59. The molecule has 0 aliphatic carbocycles. The van der Waals surface area contributed by atoms with Gasteiger partial charge in [0.1, 0.15) is 0 Å². The molecule has 0 fully saturated rings. The maximum absolute atomic E-state index is 3.92. The van der Waals surface area contributed by atoms with Crippen LogP contribution in [0.3, 0.4) is 0 Å². The van der Waals surface area contributed by atoms with Gasteiger partial charge in [0.05, 0.1) is 0 Å². The largest absolute Gasteiger partial charge is 0.0984 e. The second kappa shape index (κ2) is 9.54. The Morgan fingerprint density at radius 2 is 0.967 bits per heavy atom. The summed E-state index contributed by atoms with van der Waals surface area (Å²) < 4.78 is 0. The zero-order valence-corrected chi connectivity index (χ0v) is 17.3. The van der Waals surface area contributed by atoms with E-state index in [0.717, 1.165) is 27.8 Å². The Morgan fingerprint density at radius 3 is 1.57 bits per heavy atom. The summed E-state index contributed by atoms with van der Waals surface area (Å²) in [5.74, 6) is 0. The van der Waals surface area contributed by atoms with Gasteiger partial charge in [0, 0.05) is 0 Å². The van der Waals surface area contributed by atoms with Crippen LogP contribution >= 0.6 is 0 Å². The lowest BCUT2D eigenvalue weighted by atomic mass is 9.95. The van der Waals surface area contributed by atoms with E-state index in [1.54, 1.807) is 0 Å². The zero-order chi connectivity index (χ0) is 21.5. The highest BCUT2D eigenvalue weighted by Gasteiger charge is 2.05. The van der Waals surface area contributed by atoms with E-state index in [1.165, 1.54) is 21.5 Å². The van der Waals surface area contributed by atoms with Crippen LogP contribution in [0.1, 0.15) is 27.8 Å².